The van der Waals surface area contributed by atoms with Gasteiger partial charge in [-0.15, -0.1) is 0 Å². The maximum absolute atomic E-state index is 12.0. The van der Waals surface area contributed by atoms with Gasteiger partial charge in [0.25, 0.3) is 5.91 Å². The summed E-state index contributed by atoms with van der Waals surface area (Å²) in [6, 6.07) is 15.6. The monoisotopic (exact) mass is 280 g/mol. The smallest absolute Gasteiger partial charge is 0.267 e. The highest BCUT2D eigenvalue weighted by molar-refractivity contribution is 6.02. The number of nitrogens with one attached hydrogen (secondary N) is 1. The van der Waals surface area contributed by atoms with Gasteiger partial charge in [0.2, 0.25) is 0 Å². The first-order valence-electron chi connectivity index (χ1n) is 7.10. The van der Waals surface area contributed by atoms with Crippen LogP contribution in [0.3, 0.4) is 0 Å². The number of hydrazone groups is 1. The fourth-order valence-electron chi connectivity index (χ4n) is 1.98. The molecule has 0 fully saturated rings. The van der Waals surface area contributed by atoms with Crippen molar-refractivity contribution in [3.63, 3.8) is 0 Å². The number of carbonyl (C=O) groups is 1. The van der Waals surface area contributed by atoms with Crippen molar-refractivity contribution in [3.8, 4) is 0 Å². The van der Waals surface area contributed by atoms with Crippen molar-refractivity contribution in [1.82, 2.24) is 5.43 Å². The Labute approximate surface area is 125 Å². The zero-order chi connectivity index (χ0) is 15.2. The number of rotatable bonds is 4. The van der Waals surface area contributed by atoms with Crippen LogP contribution in [0.1, 0.15) is 40.4 Å². The predicted octanol–water partition coefficient (Wildman–Crippen LogP) is 3.85. The van der Waals surface area contributed by atoms with Crippen molar-refractivity contribution < 1.29 is 4.79 Å². The third kappa shape index (κ3) is 4.02. The minimum atomic E-state index is -0.187. The van der Waals surface area contributed by atoms with E-state index < -0.39 is 0 Å². The summed E-state index contributed by atoms with van der Waals surface area (Å²) in [6.07, 6.45) is 0.761. The van der Waals surface area contributed by atoms with Crippen LogP contribution >= 0.6 is 0 Å². The molecule has 0 bridgehead atoms. The van der Waals surface area contributed by atoms with Crippen LogP contribution in [0.5, 0.6) is 0 Å². The fourth-order valence-corrected chi connectivity index (χ4v) is 1.98. The highest BCUT2D eigenvalue weighted by Crippen LogP contribution is 2.07. The molecule has 2 aromatic rings. The normalized spacial score (nSPS) is 11.3. The van der Waals surface area contributed by atoms with Gasteiger partial charge in [-0.1, -0.05) is 54.4 Å². The van der Waals surface area contributed by atoms with E-state index in [1.807, 2.05) is 57.2 Å². The number of amides is 1. The lowest BCUT2D eigenvalue weighted by molar-refractivity contribution is 0.0955. The van der Waals surface area contributed by atoms with Gasteiger partial charge in [-0.05, 0) is 38.0 Å². The second kappa shape index (κ2) is 6.84. The lowest BCUT2D eigenvalue weighted by Crippen LogP contribution is -2.19. The molecular formula is C18H20N2O. The van der Waals surface area contributed by atoms with Crippen molar-refractivity contribution in [2.45, 2.75) is 27.2 Å². The summed E-state index contributed by atoms with van der Waals surface area (Å²) in [5, 5.41) is 4.26. The molecule has 2 rings (SSSR count). The quantitative estimate of drug-likeness (QED) is 0.671. The van der Waals surface area contributed by atoms with Crippen molar-refractivity contribution in [1.29, 1.82) is 0 Å². The molecule has 3 heteroatoms. The Hall–Kier alpha value is -2.42. The molecule has 0 aromatic heterocycles. The Balaban J connectivity index is 2.12. The van der Waals surface area contributed by atoms with Crippen LogP contribution in [-0.4, -0.2) is 11.6 Å². The highest BCUT2D eigenvalue weighted by atomic mass is 16.2. The molecule has 0 radical (unpaired) electrons. The van der Waals surface area contributed by atoms with Gasteiger partial charge in [-0.25, -0.2) is 5.43 Å². The Bertz CT molecular complexity index is 640. The van der Waals surface area contributed by atoms with Crippen LogP contribution < -0.4 is 5.43 Å². The molecule has 0 atom stereocenters. The van der Waals surface area contributed by atoms with Crippen molar-refractivity contribution in [3.05, 3.63) is 70.8 Å². The van der Waals surface area contributed by atoms with Crippen LogP contribution in [0, 0.1) is 13.8 Å². The number of benzene rings is 2. The van der Waals surface area contributed by atoms with Crippen LogP contribution in [0.4, 0.5) is 0 Å². The minimum absolute atomic E-state index is 0.187. The number of carbonyl (C=O) groups excluding carboxylic acids is 1. The molecule has 0 aliphatic rings. The van der Waals surface area contributed by atoms with E-state index in [-0.39, 0.29) is 5.91 Å². The molecule has 0 aliphatic heterocycles. The van der Waals surface area contributed by atoms with E-state index in [1.165, 1.54) is 5.56 Å². The van der Waals surface area contributed by atoms with E-state index in [0.29, 0.717) is 5.56 Å². The zero-order valence-electron chi connectivity index (χ0n) is 12.7. The molecule has 0 unspecified atom stereocenters. The second-order valence-electron chi connectivity index (χ2n) is 5.09. The third-order valence-corrected chi connectivity index (χ3v) is 3.33. The molecule has 2 aromatic carbocycles. The first-order valence-corrected chi connectivity index (χ1v) is 7.10. The van der Waals surface area contributed by atoms with Gasteiger partial charge in [-0.3, -0.25) is 4.79 Å². The predicted molar refractivity (Wildman–Crippen MR) is 86.7 cm³/mol. The lowest BCUT2D eigenvalue weighted by Gasteiger charge is -2.06. The summed E-state index contributed by atoms with van der Waals surface area (Å²) in [6.45, 7) is 6.06. The van der Waals surface area contributed by atoms with Crippen LogP contribution in [-0.2, 0) is 0 Å². The first kappa shape index (κ1) is 15.0. The van der Waals surface area contributed by atoms with Crippen LogP contribution in [0.25, 0.3) is 0 Å². The summed E-state index contributed by atoms with van der Waals surface area (Å²) in [7, 11) is 0. The largest absolute Gasteiger partial charge is 0.271 e. The first-order chi connectivity index (χ1) is 10.1. The number of hydrogen-bond donors (Lipinski definition) is 1. The molecule has 0 saturated heterocycles. The standard InChI is InChI=1S/C18H20N2O/c1-4-17(15-9-5-13(2)6-10-15)19-20-18(21)16-11-7-14(3)8-12-16/h5-12H,4H2,1-3H3,(H,20,21)/b19-17+. The molecule has 108 valence electrons. The van der Waals surface area contributed by atoms with Gasteiger partial charge in [-0.2, -0.15) is 5.10 Å². The second-order valence-corrected chi connectivity index (χ2v) is 5.09. The molecule has 1 N–H and O–H groups in total. The Morgan fingerprint density at radius 3 is 1.86 bits per heavy atom. The van der Waals surface area contributed by atoms with Gasteiger partial charge < -0.3 is 0 Å². The Morgan fingerprint density at radius 1 is 0.905 bits per heavy atom. The summed E-state index contributed by atoms with van der Waals surface area (Å²) < 4.78 is 0. The van der Waals surface area contributed by atoms with E-state index >= 15 is 0 Å². The molecule has 0 heterocycles. The number of aryl methyl sites for hydroxylation is 2. The molecule has 1 amide bonds. The summed E-state index contributed by atoms with van der Waals surface area (Å²) in [4.78, 5) is 12.0. The molecular weight excluding hydrogens is 260 g/mol. The summed E-state index contributed by atoms with van der Waals surface area (Å²) in [5.41, 5.74) is 7.49. The maximum atomic E-state index is 12.0. The average Bonchev–Trinajstić information content (AvgIpc) is 2.50. The van der Waals surface area contributed by atoms with E-state index in [1.54, 1.807) is 12.1 Å². The van der Waals surface area contributed by atoms with Gasteiger partial charge in [0, 0.05) is 5.56 Å². The molecule has 0 aliphatic carbocycles. The van der Waals surface area contributed by atoms with Gasteiger partial charge in [0.05, 0.1) is 5.71 Å². The lowest BCUT2D eigenvalue weighted by atomic mass is 10.1. The Morgan fingerprint density at radius 2 is 1.38 bits per heavy atom. The van der Waals surface area contributed by atoms with Crippen molar-refractivity contribution in [2.24, 2.45) is 5.10 Å². The van der Waals surface area contributed by atoms with Crippen LogP contribution in [0.2, 0.25) is 0 Å². The fraction of sp³-hybridized carbons (Fsp3) is 0.222. The Kier molecular flexibility index (Phi) is 4.88. The van der Waals surface area contributed by atoms with E-state index in [4.69, 9.17) is 0 Å². The molecule has 21 heavy (non-hydrogen) atoms. The van der Waals surface area contributed by atoms with Crippen molar-refractivity contribution in [2.75, 3.05) is 0 Å². The topological polar surface area (TPSA) is 41.5 Å². The maximum Gasteiger partial charge on any atom is 0.271 e. The summed E-state index contributed by atoms with van der Waals surface area (Å²) in [5.74, 6) is -0.187. The van der Waals surface area contributed by atoms with Gasteiger partial charge in [0.15, 0.2) is 0 Å². The molecule has 0 spiro atoms. The van der Waals surface area contributed by atoms with Crippen molar-refractivity contribution >= 4 is 11.6 Å². The zero-order valence-corrected chi connectivity index (χ0v) is 12.7. The van der Waals surface area contributed by atoms with E-state index in [0.717, 1.165) is 23.3 Å². The van der Waals surface area contributed by atoms with Gasteiger partial charge in [0.1, 0.15) is 0 Å². The molecule has 3 nitrogen and oxygen atoms in total. The average molecular weight is 280 g/mol. The minimum Gasteiger partial charge on any atom is -0.267 e. The summed E-state index contributed by atoms with van der Waals surface area (Å²) >= 11 is 0. The highest BCUT2D eigenvalue weighted by Gasteiger charge is 2.05. The number of nitrogens with zero attached hydrogens (tertiary/aromatic N) is 1. The number of hydrogen-bond acceptors (Lipinski definition) is 2. The van der Waals surface area contributed by atoms with Gasteiger partial charge >= 0.3 is 0 Å². The SMILES string of the molecule is CC/C(=N\NC(=O)c1ccc(C)cc1)c1ccc(C)cc1. The third-order valence-electron chi connectivity index (χ3n) is 3.33. The van der Waals surface area contributed by atoms with Crippen LogP contribution in [0.15, 0.2) is 53.6 Å². The van der Waals surface area contributed by atoms with E-state index in [9.17, 15) is 4.79 Å². The molecule has 0 saturated carbocycles. The van der Waals surface area contributed by atoms with E-state index in [2.05, 4.69) is 10.5 Å².